The number of carbonyl (C=O) groups is 1. The minimum atomic E-state index is -0.142. The number of aryl methyl sites for hydroxylation is 1. The molecule has 1 aromatic rings. The maximum absolute atomic E-state index is 11.2. The summed E-state index contributed by atoms with van der Waals surface area (Å²) in [7, 11) is 5.93. The van der Waals surface area contributed by atoms with Crippen molar-refractivity contribution in [1.29, 1.82) is 0 Å². The molecular weight excluding hydrogens is 408 g/mol. The number of nitrogens with zero attached hydrogens (tertiary/aromatic N) is 4. The minimum Gasteiger partial charge on any atom is -0.369 e. The number of rotatable bonds is 8. The van der Waals surface area contributed by atoms with Crippen LogP contribution in [0, 0.1) is 5.92 Å². The fraction of sp³-hybridized carbons (Fsp3) is 0.684. The number of guanidine groups is 1. The first-order valence-electron chi connectivity index (χ1n) is 9.65. The van der Waals surface area contributed by atoms with Crippen LogP contribution in [0.2, 0.25) is 0 Å². The fourth-order valence-corrected chi connectivity index (χ4v) is 4.10. The number of likely N-dealkylation sites (tertiary alicyclic amines) is 1. The monoisotopic (exact) mass is 440 g/mol. The first-order chi connectivity index (χ1) is 12.9. The Balaban J connectivity index is 1.63. The SMILES string of the molecule is CN=C(NCCCCN1CCC(C(N)=O)CC1)N(C)Cc1cc(Br)cn1C. The Kier molecular flexibility index (Phi) is 8.63. The highest BCUT2D eigenvalue weighted by Gasteiger charge is 2.22. The molecule has 3 N–H and O–H groups in total. The van der Waals surface area contributed by atoms with Crippen LogP contribution in [-0.2, 0) is 18.4 Å². The molecule has 1 aromatic heterocycles. The van der Waals surface area contributed by atoms with Gasteiger partial charge in [-0.2, -0.15) is 0 Å². The lowest BCUT2D eigenvalue weighted by molar-refractivity contribution is -0.123. The van der Waals surface area contributed by atoms with Crippen LogP contribution < -0.4 is 11.1 Å². The van der Waals surface area contributed by atoms with E-state index in [4.69, 9.17) is 5.73 Å². The van der Waals surface area contributed by atoms with E-state index in [2.05, 4.69) is 67.0 Å². The molecule has 27 heavy (non-hydrogen) atoms. The minimum absolute atomic E-state index is 0.0756. The first-order valence-corrected chi connectivity index (χ1v) is 10.4. The average molecular weight is 441 g/mol. The van der Waals surface area contributed by atoms with Gasteiger partial charge in [-0.3, -0.25) is 9.79 Å². The maximum atomic E-state index is 11.2. The van der Waals surface area contributed by atoms with E-state index in [1.807, 2.05) is 7.05 Å². The van der Waals surface area contributed by atoms with Crippen molar-refractivity contribution >= 4 is 27.8 Å². The molecule has 0 spiro atoms. The molecule has 1 saturated heterocycles. The van der Waals surface area contributed by atoms with Gasteiger partial charge in [-0.1, -0.05) is 0 Å². The molecule has 0 atom stereocenters. The molecule has 0 aromatic carbocycles. The summed E-state index contributed by atoms with van der Waals surface area (Å²) in [4.78, 5) is 20.2. The van der Waals surface area contributed by atoms with E-state index in [9.17, 15) is 4.79 Å². The Hall–Kier alpha value is -1.54. The highest BCUT2D eigenvalue weighted by atomic mass is 79.9. The van der Waals surface area contributed by atoms with Gasteiger partial charge in [-0.25, -0.2) is 0 Å². The van der Waals surface area contributed by atoms with Crippen molar-refractivity contribution in [3.05, 3.63) is 22.4 Å². The molecule has 1 aliphatic heterocycles. The van der Waals surface area contributed by atoms with E-state index < -0.39 is 0 Å². The molecule has 7 nitrogen and oxygen atoms in total. The van der Waals surface area contributed by atoms with Crippen molar-refractivity contribution < 1.29 is 4.79 Å². The second kappa shape index (κ2) is 10.7. The van der Waals surface area contributed by atoms with E-state index in [0.29, 0.717) is 0 Å². The Bertz CT molecular complexity index is 636. The summed E-state index contributed by atoms with van der Waals surface area (Å²) in [5.74, 6) is 0.846. The number of unbranched alkanes of at least 4 members (excludes halogenated alkanes) is 1. The number of primary amides is 1. The van der Waals surface area contributed by atoms with Crippen molar-refractivity contribution in [2.45, 2.75) is 32.2 Å². The van der Waals surface area contributed by atoms with Crippen LogP contribution in [0.4, 0.5) is 0 Å². The topological polar surface area (TPSA) is 78.9 Å². The Morgan fingerprint density at radius 3 is 2.67 bits per heavy atom. The van der Waals surface area contributed by atoms with E-state index >= 15 is 0 Å². The quantitative estimate of drug-likeness (QED) is 0.366. The molecule has 2 rings (SSSR count). The predicted octanol–water partition coefficient (Wildman–Crippen LogP) is 1.77. The van der Waals surface area contributed by atoms with Gasteiger partial charge in [0.05, 0.1) is 6.54 Å². The lowest BCUT2D eigenvalue weighted by atomic mass is 9.96. The third-order valence-electron chi connectivity index (χ3n) is 5.22. The van der Waals surface area contributed by atoms with Crippen molar-refractivity contribution in [3.63, 3.8) is 0 Å². The summed E-state index contributed by atoms with van der Waals surface area (Å²) >= 11 is 3.52. The Labute approximate surface area is 171 Å². The number of nitrogens with one attached hydrogen (secondary N) is 1. The number of halogens is 1. The number of nitrogens with two attached hydrogens (primary N) is 1. The molecule has 0 unspecified atom stereocenters. The van der Waals surface area contributed by atoms with E-state index in [1.165, 1.54) is 5.69 Å². The van der Waals surface area contributed by atoms with Gasteiger partial charge in [0.2, 0.25) is 5.91 Å². The number of amides is 1. The summed E-state index contributed by atoms with van der Waals surface area (Å²) in [6.45, 7) is 4.76. The Morgan fingerprint density at radius 2 is 2.11 bits per heavy atom. The zero-order valence-corrected chi connectivity index (χ0v) is 18.3. The lowest BCUT2D eigenvalue weighted by Gasteiger charge is -2.30. The molecular formula is C19H33BrN6O. The second-order valence-electron chi connectivity index (χ2n) is 7.32. The summed E-state index contributed by atoms with van der Waals surface area (Å²) in [5.41, 5.74) is 6.62. The molecule has 0 saturated carbocycles. The number of aromatic nitrogens is 1. The third kappa shape index (κ3) is 6.84. The van der Waals surface area contributed by atoms with Crippen LogP contribution in [0.1, 0.15) is 31.4 Å². The van der Waals surface area contributed by atoms with Crippen LogP contribution in [0.5, 0.6) is 0 Å². The van der Waals surface area contributed by atoms with Gasteiger partial charge in [-0.15, -0.1) is 0 Å². The lowest BCUT2D eigenvalue weighted by Crippen LogP contribution is -2.40. The van der Waals surface area contributed by atoms with Gasteiger partial charge in [0.15, 0.2) is 5.96 Å². The van der Waals surface area contributed by atoms with Crippen LogP contribution in [0.25, 0.3) is 0 Å². The van der Waals surface area contributed by atoms with E-state index in [1.54, 1.807) is 0 Å². The van der Waals surface area contributed by atoms with Gasteiger partial charge >= 0.3 is 0 Å². The summed E-state index contributed by atoms with van der Waals surface area (Å²) in [5, 5.41) is 3.45. The van der Waals surface area contributed by atoms with Gasteiger partial charge in [0.25, 0.3) is 0 Å². The van der Waals surface area contributed by atoms with Crippen LogP contribution in [0.3, 0.4) is 0 Å². The zero-order chi connectivity index (χ0) is 19.8. The van der Waals surface area contributed by atoms with E-state index in [0.717, 1.165) is 68.8 Å². The standard InChI is InChI=1S/C19H33BrN6O/c1-22-19(25(3)14-17-12-16(20)13-24(17)2)23-8-4-5-9-26-10-6-15(7-11-26)18(21)27/h12-13,15H,4-11,14H2,1-3H3,(H2,21,27)(H,22,23). The number of aliphatic imine (C=N–C) groups is 1. The molecule has 1 fully saturated rings. The molecule has 0 bridgehead atoms. The van der Waals surface area contributed by atoms with Crippen LogP contribution in [-0.4, -0.2) is 66.5 Å². The van der Waals surface area contributed by atoms with Gasteiger partial charge < -0.3 is 25.4 Å². The van der Waals surface area contributed by atoms with Crippen molar-refractivity contribution in [2.75, 3.05) is 40.3 Å². The number of piperidine rings is 1. The average Bonchev–Trinajstić information content (AvgIpc) is 2.95. The van der Waals surface area contributed by atoms with Crippen molar-refractivity contribution in [1.82, 2.24) is 19.7 Å². The van der Waals surface area contributed by atoms with Crippen molar-refractivity contribution in [2.24, 2.45) is 23.7 Å². The van der Waals surface area contributed by atoms with Gasteiger partial charge in [0, 0.05) is 50.0 Å². The smallest absolute Gasteiger partial charge is 0.220 e. The summed E-state index contributed by atoms with van der Waals surface area (Å²) in [6, 6.07) is 2.13. The van der Waals surface area contributed by atoms with Crippen LogP contribution in [0.15, 0.2) is 21.7 Å². The molecule has 2 heterocycles. The first kappa shape index (κ1) is 21.8. The highest BCUT2D eigenvalue weighted by Crippen LogP contribution is 2.17. The van der Waals surface area contributed by atoms with Crippen LogP contribution >= 0.6 is 15.9 Å². The predicted molar refractivity (Wildman–Crippen MR) is 114 cm³/mol. The third-order valence-corrected chi connectivity index (χ3v) is 5.65. The number of hydrogen-bond donors (Lipinski definition) is 2. The Morgan fingerprint density at radius 1 is 1.41 bits per heavy atom. The molecule has 0 radical (unpaired) electrons. The number of carbonyl (C=O) groups excluding carboxylic acids is 1. The molecule has 0 aliphatic carbocycles. The molecule has 8 heteroatoms. The van der Waals surface area contributed by atoms with Gasteiger partial charge in [-0.05, 0) is 67.3 Å². The largest absolute Gasteiger partial charge is 0.369 e. The molecule has 1 aliphatic rings. The fourth-order valence-electron chi connectivity index (χ4n) is 3.53. The highest BCUT2D eigenvalue weighted by molar-refractivity contribution is 9.10. The van der Waals surface area contributed by atoms with Gasteiger partial charge in [0.1, 0.15) is 0 Å². The summed E-state index contributed by atoms with van der Waals surface area (Å²) < 4.78 is 3.21. The van der Waals surface area contributed by atoms with Crippen molar-refractivity contribution in [3.8, 4) is 0 Å². The zero-order valence-electron chi connectivity index (χ0n) is 16.7. The molecule has 152 valence electrons. The number of hydrogen-bond acceptors (Lipinski definition) is 3. The summed E-state index contributed by atoms with van der Waals surface area (Å²) in [6.07, 6.45) is 6.10. The normalized spacial score (nSPS) is 16.5. The molecule has 1 amide bonds. The second-order valence-corrected chi connectivity index (χ2v) is 8.23. The maximum Gasteiger partial charge on any atom is 0.220 e. The van der Waals surface area contributed by atoms with E-state index in [-0.39, 0.29) is 11.8 Å².